The molecule has 2 aliphatic rings. The minimum absolute atomic E-state index is 0.184. The maximum atomic E-state index is 6.38. The molecule has 61 heavy (non-hydrogen) atoms. The van der Waals surface area contributed by atoms with Gasteiger partial charge < -0.3 is 14.4 Å². The second kappa shape index (κ2) is 14.1. The second-order valence-electron chi connectivity index (χ2n) is 17.4. The lowest BCUT2D eigenvalue weighted by Crippen LogP contribution is -2.24. The van der Waals surface area contributed by atoms with E-state index < -0.39 is 0 Å². The monoisotopic (exact) mass is 787 g/mol. The third-order valence-electron chi connectivity index (χ3n) is 13.0. The summed E-state index contributed by atoms with van der Waals surface area (Å²) in [5, 5.41) is 2.49. The fourth-order valence-corrected chi connectivity index (χ4v) is 9.47. The largest absolute Gasteiger partial charge is 0.457 e. The molecule has 0 amide bonds. The molecular formula is C58H45NO2. The fourth-order valence-electron chi connectivity index (χ4n) is 9.47. The summed E-state index contributed by atoms with van der Waals surface area (Å²) < 4.78 is 12.8. The van der Waals surface area contributed by atoms with Gasteiger partial charge in [-0.3, -0.25) is 0 Å². The fraction of sp³-hybridized carbons (Fsp3) is 0.103. The summed E-state index contributed by atoms with van der Waals surface area (Å²) in [6.07, 6.45) is 0. The smallest absolute Gasteiger partial charge is 0.131 e. The molecule has 0 bridgehead atoms. The van der Waals surface area contributed by atoms with E-state index in [1.807, 2.05) is 12.1 Å². The third-order valence-corrected chi connectivity index (χ3v) is 13.0. The van der Waals surface area contributed by atoms with Crippen LogP contribution in [0.2, 0.25) is 0 Å². The maximum Gasteiger partial charge on any atom is 0.131 e. The van der Waals surface area contributed by atoms with E-state index in [4.69, 9.17) is 9.47 Å². The molecule has 0 spiro atoms. The van der Waals surface area contributed by atoms with Crippen molar-refractivity contribution in [3.05, 3.63) is 222 Å². The van der Waals surface area contributed by atoms with Gasteiger partial charge in [-0.1, -0.05) is 149 Å². The van der Waals surface area contributed by atoms with Crippen molar-refractivity contribution in [1.82, 2.24) is 0 Å². The zero-order chi connectivity index (χ0) is 41.3. The van der Waals surface area contributed by atoms with Crippen LogP contribution < -0.4 is 14.4 Å². The zero-order valence-corrected chi connectivity index (χ0v) is 34.8. The highest BCUT2D eigenvalue weighted by Crippen LogP contribution is 2.50. The molecule has 2 aliphatic heterocycles. The molecule has 0 saturated heterocycles. The normalized spacial score (nSPS) is 14.1. The summed E-state index contributed by atoms with van der Waals surface area (Å²) in [5.41, 5.74) is 14.7. The van der Waals surface area contributed by atoms with Gasteiger partial charge >= 0.3 is 0 Å². The van der Waals surface area contributed by atoms with Crippen molar-refractivity contribution < 1.29 is 9.47 Å². The highest BCUT2D eigenvalue weighted by atomic mass is 16.5. The first-order chi connectivity index (χ1) is 29.7. The van der Waals surface area contributed by atoms with E-state index in [2.05, 4.69) is 221 Å². The Morgan fingerprint density at radius 2 is 0.639 bits per heavy atom. The number of fused-ring (bicyclic) bond motifs is 5. The van der Waals surface area contributed by atoms with Crippen LogP contribution in [0.25, 0.3) is 44.2 Å². The van der Waals surface area contributed by atoms with E-state index in [0.29, 0.717) is 0 Å². The lowest BCUT2D eigenvalue weighted by Gasteiger charge is -2.34. The van der Waals surface area contributed by atoms with Crippen molar-refractivity contribution in [1.29, 1.82) is 0 Å². The van der Waals surface area contributed by atoms with Crippen LogP contribution in [0.3, 0.4) is 0 Å². The summed E-state index contributed by atoms with van der Waals surface area (Å²) >= 11 is 0. The average Bonchev–Trinajstić information content (AvgIpc) is 3.30. The molecule has 0 fully saturated rings. The predicted octanol–water partition coefficient (Wildman–Crippen LogP) is 16.2. The van der Waals surface area contributed by atoms with Gasteiger partial charge in [-0.15, -0.1) is 0 Å². The second-order valence-corrected chi connectivity index (χ2v) is 17.4. The Morgan fingerprint density at radius 1 is 0.295 bits per heavy atom. The molecule has 3 heteroatoms. The molecule has 0 aliphatic carbocycles. The topological polar surface area (TPSA) is 21.7 Å². The molecule has 0 unspecified atom stereocenters. The molecule has 9 aromatic rings. The lowest BCUT2D eigenvalue weighted by molar-refractivity contribution is 0.418. The number of hydrogen-bond acceptors (Lipinski definition) is 3. The van der Waals surface area contributed by atoms with E-state index in [0.717, 1.165) is 51.2 Å². The molecule has 0 N–H and O–H groups in total. The number of rotatable bonds is 6. The van der Waals surface area contributed by atoms with Crippen molar-refractivity contribution in [2.45, 2.75) is 38.5 Å². The molecule has 11 rings (SSSR count). The first-order valence-electron chi connectivity index (χ1n) is 21.1. The zero-order valence-electron chi connectivity index (χ0n) is 34.8. The number of benzene rings is 9. The Kier molecular flexibility index (Phi) is 8.51. The lowest BCUT2D eigenvalue weighted by atomic mass is 9.75. The minimum atomic E-state index is -0.184. The van der Waals surface area contributed by atoms with Gasteiger partial charge in [0.15, 0.2) is 0 Å². The number of para-hydroxylation sites is 2. The Balaban J connectivity index is 0.945. The number of hydrogen-bond donors (Lipinski definition) is 0. The third kappa shape index (κ3) is 6.28. The Bertz CT molecular complexity index is 2970. The van der Waals surface area contributed by atoms with Gasteiger partial charge in [0.2, 0.25) is 0 Å². The van der Waals surface area contributed by atoms with E-state index in [-0.39, 0.29) is 10.8 Å². The molecule has 0 aromatic heterocycles. The van der Waals surface area contributed by atoms with Crippen molar-refractivity contribution >= 4 is 27.8 Å². The van der Waals surface area contributed by atoms with Gasteiger partial charge in [-0.05, 0) is 123 Å². The van der Waals surface area contributed by atoms with Gasteiger partial charge in [0.1, 0.15) is 23.0 Å². The van der Waals surface area contributed by atoms with Gasteiger partial charge in [0.25, 0.3) is 0 Å². The Morgan fingerprint density at radius 3 is 1.10 bits per heavy atom. The van der Waals surface area contributed by atoms with Gasteiger partial charge in [-0.2, -0.15) is 0 Å². The van der Waals surface area contributed by atoms with E-state index >= 15 is 0 Å². The van der Waals surface area contributed by atoms with Crippen molar-refractivity contribution in [2.24, 2.45) is 0 Å². The van der Waals surface area contributed by atoms with Crippen molar-refractivity contribution in [3.63, 3.8) is 0 Å². The molecule has 0 saturated carbocycles. The molecule has 3 nitrogen and oxygen atoms in total. The van der Waals surface area contributed by atoms with Crippen LogP contribution in [0.5, 0.6) is 23.0 Å². The van der Waals surface area contributed by atoms with Crippen LogP contribution in [0.1, 0.15) is 49.9 Å². The highest BCUT2D eigenvalue weighted by molar-refractivity contribution is 5.88. The van der Waals surface area contributed by atoms with E-state index in [1.54, 1.807) is 0 Å². The molecule has 0 atom stereocenters. The highest BCUT2D eigenvalue weighted by Gasteiger charge is 2.35. The number of anilines is 3. The van der Waals surface area contributed by atoms with Gasteiger partial charge in [0.05, 0.1) is 0 Å². The number of ether oxygens (including phenoxy) is 2. The summed E-state index contributed by atoms with van der Waals surface area (Å²) in [7, 11) is 0. The van der Waals surface area contributed by atoms with Crippen molar-refractivity contribution in [2.75, 3.05) is 4.90 Å². The molecular weight excluding hydrogens is 743 g/mol. The molecule has 0 radical (unpaired) electrons. The van der Waals surface area contributed by atoms with Crippen LogP contribution >= 0.6 is 0 Å². The minimum Gasteiger partial charge on any atom is -0.457 e. The quantitative estimate of drug-likeness (QED) is 0.168. The van der Waals surface area contributed by atoms with Crippen molar-refractivity contribution in [3.8, 4) is 56.4 Å². The van der Waals surface area contributed by atoms with E-state index in [1.165, 1.54) is 55.3 Å². The van der Waals surface area contributed by atoms with Crippen LogP contribution in [0.4, 0.5) is 17.1 Å². The molecule has 2 heterocycles. The first-order valence-corrected chi connectivity index (χ1v) is 21.1. The Labute approximate surface area is 358 Å². The van der Waals surface area contributed by atoms with Gasteiger partial charge in [-0.25, -0.2) is 0 Å². The average molecular weight is 788 g/mol. The van der Waals surface area contributed by atoms with Gasteiger partial charge in [0, 0.05) is 50.1 Å². The van der Waals surface area contributed by atoms with E-state index in [9.17, 15) is 0 Å². The summed E-state index contributed by atoms with van der Waals surface area (Å²) in [4.78, 5) is 2.35. The van der Waals surface area contributed by atoms with Crippen LogP contribution in [0, 0.1) is 0 Å². The number of nitrogens with zero attached hydrogens (tertiary/aromatic N) is 1. The SMILES string of the molecule is CC1(C)c2ccccc2Oc2ccc(-c3ccc(N(c4ccc(-c5ccc6c(c5)C(C)(C)c5ccccc5O6)cc4)c4ccc(-c5ccc6ccccc6c5)cc4)cc3)cc21. The summed E-state index contributed by atoms with van der Waals surface area (Å²) in [6.45, 7) is 9.14. The van der Waals surface area contributed by atoms with Crippen LogP contribution in [0.15, 0.2) is 200 Å². The molecule has 294 valence electrons. The maximum absolute atomic E-state index is 6.38. The predicted molar refractivity (Wildman–Crippen MR) is 252 cm³/mol. The standard InChI is InChI=1S/C58H45NO2/c1-57(2)49-13-7-9-15-53(49)60-55-33-25-44(36-51(55)57)40-21-29-47(30-22-40)59(46-27-19-39(20-28-46)43-18-17-38-11-5-6-12-42(38)35-43)48-31-23-41(24-32-48)45-26-34-56-52(37-45)58(3,4)50-14-8-10-16-54(50)61-56/h5-37H,1-4H3. The van der Waals surface area contributed by atoms with Crippen LogP contribution in [-0.2, 0) is 10.8 Å². The molecule has 9 aromatic carbocycles. The van der Waals surface area contributed by atoms with Crippen LogP contribution in [-0.4, -0.2) is 0 Å². The first kappa shape index (κ1) is 36.7. The summed E-state index contributed by atoms with van der Waals surface area (Å²) in [5.74, 6) is 3.71. The Hall–Kier alpha value is -7.36. The summed E-state index contributed by atoms with van der Waals surface area (Å²) in [6, 6.07) is 72.0.